The van der Waals surface area contributed by atoms with Gasteiger partial charge in [0.15, 0.2) is 0 Å². The third kappa shape index (κ3) is 2.62. The van der Waals surface area contributed by atoms with Gasteiger partial charge in [0.05, 0.1) is 0 Å². The molecule has 0 aliphatic rings. The Morgan fingerprint density at radius 3 is 2.60 bits per heavy atom. The molecule has 2 N–H and O–H groups in total. The average molecular weight is 284 g/mol. The number of hydrogen-bond donors (Lipinski definition) is 1. The zero-order valence-electron chi connectivity index (χ0n) is 7.98. The smallest absolute Gasteiger partial charge is 0.147 e. The van der Waals surface area contributed by atoms with Crippen LogP contribution in [0.3, 0.4) is 0 Å². The highest BCUT2D eigenvalue weighted by molar-refractivity contribution is 9.10. The first-order chi connectivity index (χ1) is 7.29. The molecule has 1 heterocycles. The van der Waals surface area contributed by atoms with E-state index in [2.05, 4.69) is 26.1 Å². The van der Waals surface area contributed by atoms with E-state index in [1.165, 1.54) is 0 Å². The fourth-order valence-electron chi connectivity index (χ4n) is 1.19. The normalized spacial score (nSPS) is 10.5. The maximum Gasteiger partial charge on any atom is 0.147 e. The van der Waals surface area contributed by atoms with Crippen LogP contribution in [-0.4, -0.2) is 16.7 Å². The van der Waals surface area contributed by atoms with Crippen molar-refractivity contribution in [2.75, 3.05) is 6.54 Å². The molecule has 0 saturated carbocycles. The molecule has 0 bridgehead atoms. The molecule has 0 aliphatic heterocycles. The minimum atomic E-state index is 0.620. The van der Waals surface area contributed by atoms with Crippen molar-refractivity contribution in [1.29, 1.82) is 0 Å². The number of aromatic nitrogens is 2. The molecule has 0 atom stereocenters. The van der Waals surface area contributed by atoms with Crippen molar-refractivity contribution in [3.8, 4) is 10.6 Å². The molecule has 0 unspecified atom stereocenters. The third-order valence-electron chi connectivity index (χ3n) is 1.92. The van der Waals surface area contributed by atoms with Crippen LogP contribution in [0.1, 0.15) is 5.01 Å². The van der Waals surface area contributed by atoms with Crippen LogP contribution in [0.2, 0.25) is 0 Å². The Bertz CT molecular complexity index is 438. The standard InChI is InChI=1S/C10H10BrN3S/c11-8-3-1-7(2-4-8)10-14-13-9(15-10)5-6-12/h1-4H,5-6,12H2. The largest absolute Gasteiger partial charge is 0.330 e. The van der Waals surface area contributed by atoms with Gasteiger partial charge in [-0.15, -0.1) is 10.2 Å². The van der Waals surface area contributed by atoms with Gasteiger partial charge in [-0.25, -0.2) is 0 Å². The van der Waals surface area contributed by atoms with E-state index in [0.29, 0.717) is 6.54 Å². The van der Waals surface area contributed by atoms with Gasteiger partial charge in [-0.05, 0) is 18.7 Å². The fourth-order valence-corrected chi connectivity index (χ4v) is 2.31. The lowest BCUT2D eigenvalue weighted by Crippen LogP contribution is -2.01. The van der Waals surface area contributed by atoms with E-state index in [4.69, 9.17) is 5.73 Å². The maximum absolute atomic E-state index is 5.46. The van der Waals surface area contributed by atoms with Crippen LogP contribution in [0.5, 0.6) is 0 Å². The van der Waals surface area contributed by atoms with E-state index >= 15 is 0 Å². The van der Waals surface area contributed by atoms with Crippen LogP contribution in [-0.2, 0) is 6.42 Å². The highest BCUT2D eigenvalue weighted by atomic mass is 79.9. The average Bonchev–Trinajstić information content (AvgIpc) is 2.68. The van der Waals surface area contributed by atoms with Crippen molar-refractivity contribution in [2.24, 2.45) is 5.73 Å². The Hall–Kier alpha value is -0.780. The quantitative estimate of drug-likeness (QED) is 0.942. The van der Waals surface area contributed by atoms with Crippen LogP contribution < -0.4 is 5.73 Å². The Morgan fingerprint density at radius 2 is 1.93 bits per heavy atom. The Morgan fingerprint density at radius 1 is 1.20 bits per heavy atom. The Labute approximate surface area is 100 Å². The van der Waals surface area contributed by atoms with Crippen LogP contribution in [0, 0.1) is 0 Å². The van der Waals surface area contributed by atoms with Gasteiger partial charge in [0.1, 0.15) is 10.0 Å². The summed E-state index contributed by atoms with van der Waals surface area (Å²) < 4.78 is 1.07. The number of nitrogens with zero attached hydrogens (tertiary/aromatic N) is 2. The minimum Gasteiger partial charge on any atom is -0.330 e. The molecule has 5 heteroatoms. The molecule has 1 aromatic heterocycles. The molecule has 2 aromatic rings. The van der Waals surface area contributed by atoms with Crippen molar-refractivity contribution < 1.29 is 0 Å². The maximum atomic E-state index is 5.46. The topological polar surface area (TPSA) is 51.8 Å². The zero-order chi connectivity index (χ0) is 10.7. The number of nitrogens with two attached hydrogens (primary N) is 1. The van der Waals surface area contributed by atoms with Crippen molar-refractivity contribution in [3.05, 3.63) is 33.7 Å². The third-order valence-corrected chi connectivity index (χ3v) is 3.48. The lowest BCUT2D eigenvalue weighted by atomic mass is 10.2. The van der Waals surface area contributed by atoms with Gasteiger partial charge in [0.25, 0.3) is 0 Å². The van der Waals surface area contributed by atoms with Crippen molar-refractivity contribution in [1.82, 2.24) is 10.2 Å². The first kappa shape index (κ1) is 10.7. The van der Waals surface area contributed by atoms with Gasteiger partial charge in [-0.1, -0.05) is 39.4 Å². The van der Waals surface area contributed by atoms with Crippen LogP contribution in [0.25, 0.3) is 10.6 Å². The van der Waals surface area contributed by atoms with Gasteiger partial charge in [-0.2, -0.15) is 0 Å². The van der Waals surface area contributed by atoms with Crippen molar-refractivity contribution in [3.63, 3.8) is 0 Å². The predicted octanol–water partition coefficient (Wildman–Crippen LogP) is 2.47. The zero-order valence-corrected chi connectivity index (χ0v) is 10.4. The lowest BCUT2D eigenvalue weighted by molar-refractivity contribution is 0.913. The highest BCUT2D eigenvalue weighted by Crippen LogP contribution is 2.24. The molecule has 0 amide bonds. The van der Waals surface area contributed by atoms with E-state index < -0.39 is 0 Å². The molecule has 78 valence electrons. The second-order valence-electron chi connectivity index (χ2n) is 3.05. The summed E-state index contributed by atoms with van der Waals surface area (Å²) in [6, 6.07) is 8.05. The summed E-state index contributed by atoms with van der Waals surface area (Å²) in [5.74, 6) is 0. The molecule has 3 nitrogen and oxygen atoms in total. The molecule has 2 rings (SSSR count). The summed E-state index contributed by atoms with van der Waals surface area (Å²) in [7, 11) is 0. The van der Waals surface area contributed by atoms with Crippen LogP contribution in [0.15, 0.2) is 28.7 Å². The van der Waals surface area contributed by atoms with Gasteiger partial charge < -0.3 is 5.73 Å². The van der Waals surface area contributed by atoms with Gasteiger partial charge in [0.2, 0.25) is 0 Å². The molecule has 15 heavy (non-hydrogen) atoms. The van der Waals surface area contributed by atoms with Gasteiger partial charge in [0, 0.05) is 16.5 Å². The molecule has 0 aliphatic carbocycles. The molecular formula is C10H10BrN3S. The summed E-state index contributed by atoms with van der Waals surface area (Å²) in [5.41, 5.74) is 6.56. The van der Waals surface area contributed by atoms with Crippen LogP contribution in [0.4, 0.5) is 0 Å². The number of benzene rings is 1. The molecule has 0 radical (unpaired) electrons. The second-order valence-corrected chi connectivity index (χ2v) is 5.02. The Kier molecular flexibility index (Phi) is 3.45. The van der Waals surface area contributed by atoms with Gasteiger partial charge in [-0.3, -0.25) is 0 Å². The van der Waals surface area contributed by atoms with E-state index in [1.807, 2.05) is 24.3 Å². The summed E-state index contributed by atoms with van der Waals surface area (Å²) in [6.45, 7) is 0.620. The van der Waals surface area contributed by atoms with Crippen LogP contribution >= 0.6 is 27.3 Å². The van der Waals surface area contributed by atoms with Gasteiger partial charge >= 0.3 is 0 Å². The summed E-state index contributed by atoms with van der Waals surface area (Å²) in [5, 5.41) is 10.2. The number of rotatable bonds is 3. The molecule has 1 aromatic carbocycles. The Balaban J connectivity index is 2.25. The highest BCUT2D eigenvalue weighted by Gasteiger charge is 2.05. The number of halogens is 1. The van der Waals surface area contributed by atoms with Crippen molar-refractivity contribution >= 4 is 27.3 Å². The predicted molar refractivity (Wildman–Crippen MR) is 65.8 cm³/mol. The summed E-state index contributed by atoms with van der Waals surface area (Å²) >= 11 is 5.00. The monoisotopic (exact) mass is 283 g/mol. The fraction of sp³-hybridized carbons (Fsp3) is 0.200. The molecule has 0 fully saturated rings. The van der Waals surface area contributed by atoms with E-state index in [0.717, 1.165) is 26.5 Å². The van der Waals surface area contributed by atoms with E-state index in [-0.39, 0.29) is 0 Å². The van der Waals surface area contributed by atoms with E-state index in [9.17, 15) is 0 Å². The summed E-state index contributed by atoms with van der Waals surface area (Å²) in [6.07, 6.45) is 0.800. The lowest BCUT2D eigenvalue weighted by Gasteiger charge is -1.94. The SMILES string of the molecule is NCCc1nnc(-c2ccc(Br)cc2)s1. The first-order valence-electron chi connectivity index (χ1n) is 4.58. The van der Waals surface area contributed by atoms with Crippen molar-refractivity contribution in [2.45, 2.75) is 6.42 Å². The molecular weight excluding hydrogens is 274 g/mol. The molecule has 0 spiro atoms. The number of hydrogen-bond acceptors (Lipinski definition) is 4. The first-order valence-corrected chi connectivity index (χ1v) is 6.19. The van der Waals surface area contributed by atoms with E-state index in [1.54, 1.807) is 11.3 Å². The summed E-state index contributed by atoms with van der Waals surface area (Å²) in [4.78, 5) is 0. The second kappa shape index (κ2) is 4.83. The molecule has 0 saturated heterocycles. The minimum absolute atomic E-state index is 0.620.